The summed E-state index contributed by atoms with van der Waals surface area (Å²) in [4.78, 5) is 13.6. The number of fused-ring (bicyclic) bond motifs is 1. The molecule has 2 aliphatic rings. The summed E-state index contributed by atoms with van der Waals surface area (Å²) in [5.74, 6) is -3.57. The number of rotatable bonds is 5. The minimum Gasteiger partial charge on any atom is -0.508 e. The van der Waals surface area contributed by atoms with E-state index in [2.05, 4.69) is 0 Å². The Morgan fingerprint density at radius 3 is 2.02 bits per heavy atom. The normalized spacial score (nSPS) is 33.8. The van der Waals surface area contributed by atoms with Gasteiger partial charge in [-0.05, 0) is 25.1 Å². The van der Waals surface area contributed by atoms with Crippen LogP contribution in [0.3, 0.4) is 0 Å². The zero-order chi connectivity index (χ0) is 31.5. The van der Waals surface area contributed by atoms with Crippen LogP contribution in [0.25, 0.3) is 22.3 Å². The molecule has 3 aromatic rings. The lowest BCUT2D eigenvalue weighted by molar-refractivity contribution is -0.311. The zero-order valence-corrected chi connectivity index (χ0v) is 22.2. The quantitative estimate of drug-likeness (QED) is 0.135. The number of aliphatic hydroxyl groups is 7. The molecule has 234 valence electrons. The smallest absolute Gasteiger partial charge is 0.239 e. The van der Waals surface area contributed by atoms with Crippen LogP contribution in [-0.4, -0.2) is 124 Å². The highest BCUT2D eigenvalue weighted by molar-refractivity contribution is 5.88. The number of phenols is 4. The Hall–Kier alpha value is -3.71. The Balaban J connectivity index is 1.56. The molecular formula is C27H30O16. The van der Waals surface area contributed by atoms with Gasteiger partial charge in [-0.1, -0.05) is 0 Å². The number of benzene rings is 2. The second-order valence-corrected chi connectivity index (χ2v) is 10.5. The third kappa shape index (κ3) is 5.33. The number of aromatic hydroxyl groups is 4. The summed E-state index contributed by atoms with van der Waals surface area (Å²) in [5, 5.41) is 113. The Morgan fingerprint density at radius 2 is 1.37 bits per heavy atom. The standard InChI is InChI=1S/C27H30O16/c1-7-15(32)17(34)19(36)24(40-7)22(39)25-20(37)18(35)21(38)27(42-25)43-26-16(33)14-12(31)5-9(28)6-13(14)41-23(26)8-2-3-10(29)11(30)4-8/h2-7,15,17-22,24-25,27-32,34-39H,1H3/t7-,15-,17+,18-,19+,20-,21+,22?,24+,25+,27-/m0/s1. The van der Waals surface area contributed by atoms with E-state index in [1.165, 1.54) is 13.0 Å². The zero-order valence-electron chi connectivity index (χ0n) is 22.2. The number of ether oxygens (including phenoxy) is 3. The van der Waals surface area contributed by atoms with Crippen molar-refractivity contribution < 1.29 is 74.8 Å². The lowest BCUT2D eigenvalue weighted by Gasteiger charge is -2.46. The van der Waals surface area contributed by atoms with Gasteiger partial charge in [0.15, 0.2) is 17.3 Å². The first-order chi connectivity index (χ1) is 20.2. The molecule has 2 fully saturated rings. The van der Waals surface area contributed by atoms with E-state index in [4.69, 9.17) is 18.6 Å². The van der Waals surface area contributed by atoms with Crippen LogP contribution in [0, 0.1) is 0 Å². The summed E-state index contributed by atoms with van der Waals surface area (Å²) in [6.07, 6.45) is -20.0. The van der Waals surface area contributed by atoms with Crippen molar-refractivity contribution >= 4 is 11.0 Å². The molecular weight excluding hydrogens is 580 g/mol. The molecule has 0 saturated carbocycles. The molecule has 11 N–H and O–H groups in total. The van der Waals surface area contributed by atoms with Crippen molar-refractivity contribution in [2.24, 2.45) is 0 Å². The molecule has 1 aromatic heterocycles. The summed E-state index contributed by atoms with van der Waals surface area (Å²) in [6.45, 7) is 1.35. The maximum atomic E-state index is 13.6. The molecule has 0 radical (unpaired) electrons. The first-order valence-electron chi connectivity index (χ1n) is 13.0. The van der Waals surface area contributed by atoms with Crippen molar-refractivity contribution in [3.05, 3.63) is 40.6 Å². The maximum Gasteiger partial charge on any atom is 0.239 e. The highest BCUT2D eigenvalue weighted by Gasteiger charge is 2.53. The van der Waals surface area contributed by atoms with Crippen LogP contribution in [0.1, 0.15) is 6.92 Å². The molecule has 11 atom stereocenters. The van der Waals surface area contributed by atoms with Crippen molar-refractivity contribution in [1.82, 2.24) is 0 Å². The van der Waals surface area contributed by atoms with Crippen LogP contribution in [0.5, 0.6) is 28.7 Å². The highest BCUT2D eigenvalue weighted by atomic mass is 16.7. The number of hydrogen-bond donors (Lipinski definition) is 11. The molecule has 5 rings (SSSR count). The third-order valence-corrected chi connectivity index (χ3v) is 7.56. The molecule has 0 spiro atoms. The van der Waals surface area contributed by atoms with Crippen LogP contribution >= 0.6 is 0 Å². The fourth-order valence-corrected chi connectivity index (χ4v) is 5.15. The molecule has 16 heteroatoms. The number of aliphatic hydroxyl groups excluding tert-OH is 7. The van der Waals surface area contributed by atoms with Gasteiger partial charge in [0.05, 0.1) is 6.10 Å². The van der Waals surface area contributed by atoms with Crippen LogP contribution in [0.4, 0.5) is 0 Å². The van der Waals surface area contributed by atoms with E-state index in [1.54, 1.807) is 0 Å². The molecule has 2 saturated heterocycles. The van der Waals surface area contributed by atoms with Crippen LogP contribution in [0.15, 0.2) is 39.5 Å². The second-order valence-electron chi connectivity index (χ2n) is 10.5. The van der Waals surface area contributed by atoms with E-state index in [9.17, 15) is 61.0 Å². The van der Waals surface area contributed by atoms with E-state index in [1.807, 2.05) is 0 Å². The number of hydrogen-bond acceptors (Lipinski definition) is 16. The summed E-state index contributed by atoms with van der Waals surface area (Å²) in [6, 6.07) is 5.10. The van der Waals surface area contributed by atoms with E-state index in [-0.39, 0.29) is 11.1 Å². The van der Waals surface area contributed by atoms with E-state index >= 15 is 0 Å². The molecule has 16 nitrogen and oxygen atoms in total. The average molecular weight is 611 g/mol. The minimum absolute atomic E-state index is 0.0742. The molecule has 0 aliphatic carbocycles. The Morgan fingerprint density at radius 1 is 0.744 bits per heavy atom. The van der Waals surface area contributed by atoms with Gasteiger partial charge in [-0.3, -0.25) is 4.79 Å². The van der Waals surface area contributed by atoms with Crippen molar-refractivity contribution in [3.8, 4) is 40.1 Å². The largest absolute Gasteiger partial charge is 0.508 e. The fourth-order valence-electron chi connectivity index (χ4n) is 5.15. The predicted molar refractivity (Wildman–Crippen MR) is 140 cm³/mol. The van der Waals surface area contributed by atoms with Gasteiger partial charge in [0, 0.05) is 17.7 Å². The monoisotopic (exact) mass is 610 g/mol. The van der Waals surface area contributed by atoms with Gasteiger partial charge in [-0.25, -0.2) is 0 Å². The van der Waals surface area contributed by atoms with Gasteiger partial charge >= 0.3 is 0 Å². The van der Waals surface area contributed by atoms with Crippen LogP contribution in [-0.2, 0) is 9.47 Å². The van der Waals surface area contributed by atoms with Gasteiger partial charge in [0.25, 0.3) is 0 Å². The topological polar surface area (TPSA) is 280 Å². The SMILES string of the molecule is C[C@@H]1O[C@@H](C(O)[C@@H]2O[C@@H](Oc3c(-c4ccc(O)c(O)c4)oc4cc(O)cc(O)c4c3=O)[C@H](O)[C@@H](O)[C@@H]2O)[C@H](O)[C@H](O)[C@H]1O. The minimum atomic E-state index is -2.08. The Labute approximate surface area is 241 Å². The average Bonchev–Trinajstić information content (AvgIpc) is 2.95. The first kappa shape index (κ1) is 30.7. The summed E-state index contributed by atoms with van der Waals surface area (Å²) < 4.78 is 22.3. The molecule has 1 unspecified atom stereocenters. The first-order valence-corrected chi connectivity index (χ1v) is 13.0. The summed E-state index contributed by atoms with van der Waals surface area (Å²) >= 11 is 0. The van der Waals surface area contributed by atoms with Crippen LogP contribution in [0.2, 0.25) is 0 Å². The predicted octanol–water partition coefficient (Wildman–Crippen LogP) is -2.30. The maximum absolute atomic E-state index is 13.6. The summed E-state index contributed by atoms with van der Waals surface area (Å²) in [7, 11) is 0. The second kappa shape index (κ2) is 11.4. The molecule has 2 aromatic carbocycles. The van der Waals surface area contributed by atoms with Gasteiger partial charge in [-0.2, -0.15) is 0 Å². The number of phenolic OH excluding ortho intramolecular Hbond substituents is 4. The van der Waals surface area contributed by atoms with E-state index < -0.39 is 113 Å². The third-order valence-electron chi connectivity index (χ3n) is 7.56. The van der Waals surface area contributed by atoms with Gasteiger partial charge in [-0.15, -0.1) is 0 Å². The molecule has 43 heavy (non-hydrogen) atoms. The van der Waals surface area contributed by atoms with Crippen molar-refractivity contribution in [1.29, 1.82) is 0 Å². The fraction of sp³-hybridized carbons (Fsp3) is 0.444. The highest BCUT2D eigenvalue weighted by Crippen LogP contribution is 2.40. The van der Waals surface area contributed by atoms with Gasteiger partial charge in [0.2, 0.25) is 17.5 Å². The van der Waals surface area contributed by atoms with Gasteiger partial charge < -0.3 is 74.8 Å². The van der Waals surface area contributed by atoms with E-state index in [0.29, 0.717) is 0 Å². The Bertz CT molecular complexity index is 1560. The molecule has 2 aliphatic heterocycles. The molecule has 3 heterocycles. The molecule has 0 bridgehead atoms. The van der Waals surface area contributed by atoms with Crippen molar-refractivity contribution in [3.63, 3.8) is 0 Å². The van der Waals surface area contributed by atoms with Crippen LogP contribution < -0.4 is 10.2 Å². The van der Waals surface area contributed by atoms with Crippen molar-refractivity contribution in [2.45, 2.75) is 74.3 Å². The lowest BCUT2D eigenvalue weighted by Crippen LogP contribution is -2.67. The Kier molecular flexibility index (Phi) is 8.16. The van der Waals surface area contributed by atoms with E-state index in [0.717, 1.165) is 24.3 Å². The lowest BCUT2D eigenvalue weighted by atomic mass is 9.87. The summed E-state index contributed by atoms with van der Waals surface area (Å²) in [5.41, 5.74) is -1.48. The van der Waals surface area contributed by atoms with Gasteiger partial charge in [0.1, 0.15) is 77.4 Å². The van der Waals surface area contributed by atoms with Crippen molar-refractivity contribution in [2.75, 3.05) is 0 Å². The molecule has 0 amide bonds.